The molecular formula is C6H4F3O3S-. The summed E-state index contributed by atoms with van der Waals surface area (Å²) in [4.78, 5) is 21.0. The molecule has 1 rings (SSSR count). The van der Waals surface area contributed by atoms with E-state index in [1.165, 1.54) is 0 Å². The van der Waals surface area contributed by atoms with Gasteiger partial charge in [0, 0.05) is 5.75 Å². The summed E-state index contributed by atoms with van der Waals surface area (Å²) in [6.07, 6.45) is -4.64. The van der Waals surface area contributed by atoms with Crippen LogP contribution in [0.4, 0.5) is 13.2 Å². The van der Waals surface area contributed by atoms with Crippen molar-refractivity contribution in [2.75, 3.05) is 5.75 Å². The quantitative estimate of drug-likeness (QED) is 0.556. The third-order valence-corrected chi connectivity index (χ3v) is 2.92. The number of ketones is 1. The summed E-state index contributed by atoms with van der Waals surface area (Å²) in [6.45, 7) is 0. The Hall–Kier alpha value is -0.720. The highest BCUT2D eigenvalue weighted by molar-refractivity contribution is 8.01. The molecule has 7 heteroatoms. The smallest absolute Gasteiger partial charge is 0.399 e. The maximum Gasteiger partial charge on any atom is 0.399 e. The molecule has 74 valence electrons. The molecule has 0 N–H and O–H groups in total. The number of hydrogen-bond acceptors (Lipinski definition) is 4. The van der Waals surface area contributed by atoms with Crippen molar-refractivity contribution in [3.8, 4) is 0 Å². The van der Waals surface area contributed by atoms with E-state index in [2.05, 4.69) is 0 Å². The molecule has 0 radical (unpaired) electrons. The second kappa shape index (κ2) is 3.21. The largest absolute Gasteiger partial charge is 0.548 e. The Kier molecular flexibility index (Phi) is 2.56. The SMILES string of the molecule is O=C([O-])C1SCC(C(F)(F)F)C1=O. The first-order chi connectivity index (χ1) is 5.84. The highest BCUT2D eigenvalue weighted by Crippen LogP contribution is 2.38. The Morgan fingerprint density at radius 2 is 2.08 bits per heavy atom. The monoisotopic (exact) mass is 213 g/mol. The van der Waals surface area contributed by atoms with Gasteiger partial charge in [-0.05, 0) is 0 Å². The Morgan fingerprint density at radius 3 is 2.31 bits per heavy atom. The molecule has 0 aromatic rings. The number of carbonyl (C=O) groups is 2. The third-order valence-electron chi connectivity index (χ3n) is 1.64. The first-order valence-corrected chi connectivity index (χ1v) is 4.32. The summed E-state index contributed by atoms with van der Waals surface area (Å²) in [6, 6.07) is 0. The second-order valence-corrected chi connectivity index (χ2v) is 3.67. The van der Waals surface area contributed by atoms with Crippen molar-refractivity contribution in [2.24, 2.45) is 5.92 Å². The van der Waals surface area contributed by atoms with Crippen molar-refractivity contribution in [1.82, 2.24) is 0 Å². The molecule has 1 aliphatic rings. The molecular weight excluding hydrogens is 209 g/mol. The van der Waals surface area contributed by atoms with E-state index in [0.29, 0.717) is 11.8 Å². The van der Waals surface area contributed by atoms with Gasteiger partial charge in [0.2, 0.25) is 0 Å². The predicted octanol–water partition coefficient (Wildman–Crippen LogP) is -0.401. The van der Waals surface area contributed by atoms with E-state index in [9.17, 15) is 27.9 Å². The maximum atomic E-state index is 12.0. The van der Waals surface area contributed by atoms with E-state index in [1.54, 1.807) is 0 Å². The Bertz CT molecular complexity index is 250. The number of carbonyl (C=O) groups excluding carboxylic acids is 2. The average molecular weight is 213 g/mol. The number of carboxylic acid groups (broad SMARTS) is 1. The lowest BCUT2D eigenvalue weighted by molar-refractivity contribution is -0.303. The van der Waals surface area contributed by atoms with Gasteiger partial charge in [-0.3, -0.25) is 4.79 Å². The van der Waals surface area contributed by atoms with Crippen molar-refractivity contribution in [3.05, 3.63) is 0 Å². The topological polar surface area (TPSA) is 57.2 Å². The molecule has 1 aliphatic heterocycles. The number of halogens is 3. The van der Waals surface area contributed by atoms with Crippen molar-refractivity contribution < 1.29 is 27.9 Å². The van der Waals surface area contributed by atoms with Gasteiger partial charge in [-0.15, -0.1) is 11.8 Å². The van der Waals surface area contributed by atoms with E-state index < -0.39 is 34.8 Å². The van der Waals surface area contributed by atoms with Crippen LogP contribution in [0.1, 0.15) is 0 Å². The van der Waals surface area contributed by atoms with Crippen LogP contribution < -0.4 is 5.11 Å². The van der Waals surface area contributed by atoms with Crippen molar-refractivity contribution in [2.45, 2.75) is 11.4 Å². The summed E-state index contributed by atoms with van der Waals surface area (Å²) in [5.41, 5.74) is 0. The van der Waals surface area contributed by atoms with Crippen molar-refractivity contribution in [3.63, 3.8) is 0 Å². The van der Waals surface area contributed by atoms with Crippen LogP contribution in [-0.2, 0) is 9.59 Å². The molecule has 0 aromatic heterocycles. The van der Waals surface area contributed by atoms with Crippen LogP contribution in [0, 0.1) is 5.92 Å². The second-order valence-electron chi connectivity index (χ2n) is 2.53. The maximum absolute atomic E-state index is 12.0. The molecule has 0 saturated carbocycles. The van der Waals surface area contributed by atoms with Gasteiger partial charge < -0.3 is 9.90 Å². The van der Waals surface area contributed by atoms with Gasteiger partial charge in [-0.2, -0.15) is 13.2 Å². The fourth-order valence-corrected chi connectivity index (χ4v) is 2.18. The first-order valence-electron chi connectivity index (χ1n) is 3.27. The minimum atomic E-state index is -4.64. The highest BCUT2D eigenvalue weighted by Gasteiger charge is 2.51. The van der Waals surface area contributed by atoms with Crippen LogP contribution in [0.5, 0.6) is 0 Å². The van der Waals surface area contributed by atoms with E-state index in [1.807, 2.05) is 0 Å². The van der Waals surface area contributed by atoms with Gasteiger partial charge in [-0.1, -0.05) is 0 Å². The van der Waals surface area contributed by atoms with Crippen LogP contribution in [0.3, 0.4) is 0 Å². The van der Waals surface area contributed by atoms with Gasteiger partial charge in [0.05, 0.1) is 5.97 Å². The zero-order chi connectivity index (χ0) is 10.2. The van der Waals surface area contributed by atoms with Gasteiger partial charge in [-0.25, -0.2) is 0 Å². The van der Waals surface area contributed by atoms with Crippen LogP contribution >= 0.6 is 11.8 Å². The van der Waals surface area contributed by atoms with Gasteiger partial charge in [0.1, 0.15) is 11.2 Å². The fourth-order valence-electron chi connectivity index (χ4n) is 0.979. The van der Waals surface area contributed by atoms with Crippen molar-refractivity contribution >= 4 is 23.5 Å². The molecule has 0 bridgehead atoms. The number of carboxylic acids is 1. The van der Waals surface area contributed by atoms with Crippen LogP contribution in [0.25, 0.3) is 0 Å². The molecule has 0 aliphatic carbocycles. The third kappa shape index (κ3) is 1.96. The van der Waals surface area contributed by atoms with Crippen LogP contribution in [0.15, 0.2) is 0 Å². The zero-order valence-corrected chi connectivity index (χ0v) is 6.95. The lowest BCUT2D eigenvalue weighted by Crippen LogP contribution is -2.40. The van der Waals surface area contributed by atoms with Gasteiger partial charge in [0.25, 0.3) is 0 Å². The molecule has 2 unspecified atom stereocenters. The normalized spacial score (nSPS) is 29.3. The number of hydrogen-bond donors (Lipinski definition) is 0. The summed E-state index contributed by atoms with van der Waals surface area (Å²) in [5, 5.41) is 8.50. The Morgan fingerprint density at radius 1 is 1.54 bits per heavy atom. The van der Waals surface area contributed by atoms with E-state index in [-0.39, 0.29) is 0 Å². The Balaban J connectivity index is 2.77. The van der Waals surface area contributed by atoms with Crippen LogP contribution in [-0.4, -0.2) is 28.9 Å². The fraction of sp³-hybridized carbons (Fsp3) is 0.667. The minimum absolute atomic E-state index is 0.462. The number of Topliss-reactive ketones (excluding diaryl/α,β-unsaturated/α-hetero) is 1. The average Bonchev–Trinajstić information content (AvgIpc) is 2.28. The molecule has 0 aromatic carbocycles. The van der Waals surface area contributed by atoms with E-state index in [4.69, 9.17) is 0 Å². The van der Waals surface area contributed by atoms with Gasteiger partial charge in [0.15, 0.2) is 5.78 Å². The van der Waals surface area contributed by atoms with Crippen molar-refractivity contribution in [1.29, 1.82) is 0 Å². The summed E-state index contributed by atoms with van der Waals surface area (Å²) in [7, 11) is 0. The molecule has 1 saturated heterocycles. The zero-order valence-electron chi connectivity index (χ0n) is 6.13. The summed E-state index contributed by atoms with van der Waals surface area (Å²) >= 11 is 0.462. The number of aliphatic carboxylic acids is 1. The number of rotatable bonds is 1. The molecule has 2 atom stereocenters. The highest BCUT2D eigenvalue weighted by atomic mass is 32.2. The molecule has 3 nitrogen and oxygen atoms in total. The number of thioether (sulfide) groups is 1. The molecule has 1 heterocycles. The first kappa shape index (κ1) is 10.4. The Labute approximate surface area is 75.3 Å². The van der Waals surface area contributed by atoms with Crippen LogP contribution in [0.2, 0.25) is 0 Å². The lowest BCUT2D eigenvalue weighted by atomic mass is 10.0. The van der Waals surface area contributed by atoms with Gasteiger partial charge >= 0.3 is 6.18 Å². The minimum Gasteiger partial charge on any atom is -0.548 e. The standard InChI is InChI=1S/C6H5F3O3S/c7-6(8,9)2-1-13-4(3(2)10)5(11)12/h2,4H,1H2,(H,11,12)/p-1. The molecule has 0 spiro atoms. The lowest BCUT2D eigenvalue weighted by Gasteiger charge is -2.12. The molecule has 0 amide bonds. The predicted molar refractivity (Wildman–Crippen MR) is 35.8 cm³/mol. The summed E-state index contributed by atoms with van der Waals surface area (Å²) in [5.74, 6) is -5.74. The van der Waals surface area contributed by atoms with E-state index in [0.717, 1.165) is 0 Å². The van der Waals surface area contributed by atoms with E-state index >= 15 is 0 Å². The number of alkyl halides is 3. The molecule has 13 heavy (non-hydrogen) atoms. The molecule has 1 fully saturated rings. The summed E-state index contributed by atoms with van der Waals surface area (Å²) < 4.78 is 36.0.